The zero-order chi connectivity index (χ0) is 19.2. The van der Waals surface area contributed by atoms with E-state index < -0.39 is 4.92 Å². The van der Waals surface area contributed by atoms with Gasteiger partial charge < -0.3 is 10.1 Å². The summed E-state index contributed by atoms with van der Waals surface area (Å²) >= 11 is 5.77. The molecular formula is C20H15ClN2O4. The first-order chi connectivity index (χ1) is 13.0. The number of nitrogens with one attached hydrogen (secondary N) is 1. The second-order valence-electron chi connectivity index (χ2n) is 5.68. The van der Waals surface area contributed by atoms with Crippen molar-refractivity contribution in [3.63, 3.8) is 0 Å². The molecule has 0 fully saturated rings. The fourth-order valence-electron chi connectivity index (χ4n) is 2.38. The number of nitro groups is 1. The largest absolute Gasteiger partial charge is 0.489 e. The normalized spacial score (nSPS) is 10.3. The third-order valence-corrected chi connectivity index (χ3v) is 4.09. The molecule has 0 spiro atoms. The van der Waals surface area contributed by atoms with Gasteiger partial charge in [0.15, 0.2) is 0 Å². The Morgan fingerprint density at radius 1 is 1.04 bits per heavy atom. The first kappa shape index (κ1) is 18.4. The van der Waals surface area contributed by atoms with Crippen LogP contribution < -0.4 is 10.1 Å². The Labute approximate surface area is 160 Å². The van der Waals surface area contributed by atoms with Crippen LogP contribution in [0.3, 0.4) is 0 Å². The molecule has 0 radical (unpaired) electrons. The molecule has 3 aromatic carbocycles. The Kier molecular flexibility index (Phi) is 5.68. The number of hydrogen-bond donors (Lipinski definition) is 1. The van der Waals surface area contributed by atoms with Crippen molar-refractivity contribution >= 4 is 28.9 Å². The van der Waals surface area contributed by atoms with E-state index in [9.17, 15) is 14.9 Å². The molecule has 0 saturated heterocycles. The maximum Gasteiger partial charge on any atom is 0.289 e. The molecule has 7 heteroatoms. The van der Waals surface area contributed by atoms with E-state index in [1.54, 1.807) is 24.3 Å². The Balaban J connectivity index is 1.64. The van der Waals surface area contributed by atoms with Crippen LogP contribution in [0.2, 0.25) is 5.02 Å². The molecule has 3 aromatic rings. The van der Waals surface area contributed by atoms with Crippen LogP contribution in [0.1, 0.15) is 15.9 Å². The van der Waals surface area contributed by atoms with Gasteiger partial charge in [0, 0.05) is 17.3 Å². The van der Waals surface area contributed by atoms with Crippen LogP contribution in [0.4, 0.5) is 11.4 Å². The molecular weight excluding hydrogens is 368 g/mol. The third kappa shape index (κ3) is 4.83. The minimum atomic E-state index is -0.600. The summed E-state index contributed by atoms with van der Waals surface area (Å²) in [6.07, 6.45) is 0. The van der Waals surface area contributed by atoms with Crippen molar-refractivity contribution in [2.24, 2.45) is 0 Å². The van der Waals surface area contributed by atoms with E-state index in [1.165, 1.54) is 18.2 Å². The zero-order valence-electron chi connectivity index (χ0n) is 14.1. The lowest BCUT2D eigenvalue weighted by Gasteiger charge is -2.08. The third-order valence-electron chi connectivity index (χ3n) is 3.77. The number of hydrogen-bond acceptors (Lipinski definition) is 4. The monoisotopic (exact) mass is 382 g/mol. The summed E-state index contributed by atoms with van der Waals surface area (Å²) in [6.45, 7) is 0.431. The van der Waals surface area contributed by atoms with Crippen molar-refractivity contribution in [3.05, 3.63) is 99.1 Å². The van der Waals surface area contributed by atoms with Crippen LogP contribution in [0.5, 0.6) is 5.75 Å². The average Bonchev–Trinajstić information content (AvgIpc) is 2.69. The molecule has 0 saturated carbocycles. The van der Waals surface area contributed by atoms with Crippen molar-refractivity contribution in [2.45, 2.75) is 6.61 Å². The number of nitro benzene ring substituents is 1. The first-order valence-electron chi connectivity index (χ1n) is 8.05. The Morgan fingerprint density at radius 3 is 2.41 bits per heavy atom. The number of anilines is 1. The van der Waals surface area contributed by atoms with Gasteiger partial charge in [-0.2, -0.15) is 0 Å². The molecule has 0 aliphatic heterocycles. The number of amides is 1. The number of halogens is 1. The van der Waals surface area contributed by atoms with Crippen LogP contribution in [0.15, 0.2) is 72.8 Å². The van der Waals surface area contributed by atoms with Crippen molar-refractivity contribution < 1.29 is 14.5 Å². The zero-order valence-corrected chi connectivity index (χ0v) is 14.8. The van der Waals surface area contributed by atoms with Gasteiger partial charge in [0.05, 0.1) is 4.92 Å². The summed E-state index contributed by atoms with van der Waals surface area (Å²) in [4.78, 5) is 22.6. The summed E-state index contributed by atoms with van der Waals surface area (Å²) in [7, 11) is 0. The minimum Gasteiger partial charge on any atom is -0.489 e. The number of ether oxygens (including phenoxy) is 1. The smallest absolute Gasteiger partial charge is 0.289 e. The summed E-state index contributed by atoms with van der Waals surface area (Å²) in [6, 6.07) is 20.5. The summed E-state index contributed by atoms with van der Waals surface area (Å²) < 4.78 is 5.68. The van der Waals surface area contributed by atoms with E-state index >= 15 is 0 Å². The molecule has 3 rings (SSSR count). The van der Waals surface area contributed by atoms with E-state index in [0.717, 1.165) is 5.56 Å². The SMILES string of the molecule is O=C(Nc1ccc(Cl)c([N+](=O)[O-])c1)c1ccc(OCc2ccccc2)cc1. The highest BCUT2D eigenvalue weighted by Gasteiger charge is 2.14. The Morgan fingerprint density at radius 2 is 1.74 bits per heavy atom. The van der Waals surface area contributed by atoms with Crippen LogP contribution in [-0.2, 0) is 6.61 Å². The lowest BCUT2D eigenvalue weighted by molar-refractivity contribution is -0.384. The quantitative estimate of drug-likeness (QED) is 0.476. The minimum absolute atomic E-state index is 0.0120. The topological polar surface area (TPSA) is 81.5 Å². The van der Waals surface area contributed by atoms with E-state index in [2.05, 4.69) is 5.32 Å². The molecule has 1 N–H and O–H groups in total. The highest BCUT2D eigenvalue weighted by molar-refractivity contribution is 6.32. The van der Waals surface area contributed by atoms with Crippen molar-refractivity contribution in [2.75, 3.05) is 5.32 Å². The maximum absolute atomic E-state index is 12.3. The van der Waals surface area contributed by atoms with E-state index in [0.29, 0.717) is 23.6 Å². The van der Waals surface area contributed by atoms with Crippen molar-refractivity contribution in [1.29, 1.82) is 0 Å². The Hall–Kier alpha value is -3.38. The summed E-state index contributed by atoms with van der Waals surface area (Å²) in [5.41, 5.74) is 1.47. The van der Waals surface area contributed by atoms with Crippen molar-refractivity contribution in [3.8, 4) is 5.75 Å². The van der Waals surface area contributed by atoms with Crippen LogP contribution in [0.25, 0.3) is 0 Å². The van der Waals surface area contributed by atoms with Crippen molar-refractivity contribution in [1.82, 2.24) is 0 Å². The van der Waals surface area contributed by atoms with E-state index in [4.69, 9.17) is 16.3 Å². The number of carbonyl (C=O) groups excluding carboxylic acids is 1. The van der Waals surface area contributed by atoms with Gasteiger partial charge in [-0.05, 0) is 42.0 Å². The van der Waals surface area contributed by atoms with Gasteiger partial charge >= 0.3 is 0 Å². The molecule has 1 amide bonds. The number of rotatable bonds is 6. The van der Waals surface area contributed by atoms with Crippen LogP contribution in [0, 0.1) is 10.1 Å². The van der Waals surface area contributed by atoms with Crippen LogP contribution >= 0.6 is 11.6 Å². The van der Waals surface area contributed by atoms with Gasteiger partial charge in [-0.25, -0.2) is 0 Å². The molecule has 0 atom stereocenters. The molecule has 0 aliphatic carbocycles. The summed E-state index contributed by atoms with van der Waals surface area (Å²) in [5, 5.41) is 13.6. The number of benzene rings is 3. The molecule has 27 heavy (non-hydrogen) atoms. The van der Waals surface area contributed by atoms with E-state index in [-0.39, 0.29) is 16.6 Å². The summed E-state index contributed by atoms with van der Waals surface area (Å²) in [5.74, 6) is 0.249. The fraction of sp³-hybridized carbons (Fsp3) is 0.0500. The predicted octanol–water partition coefficient (Wildman–Crippen LogP) is 5.08. The molecule has 6 nitrogen and oxygen atoms in total. The molecule has 0 heterocycles. The maximum atomic E-state index is 12.3. The number of carbonyl (C=O) groups is 1. The van der Waals surface area contributed by atoms with Gasteiger partial charge in [-0.15, -0.1) is 0 Å². The molecule has 136 valence electrons. The molecule has 0 unspecified atom stereocenters. The highest BCUT2D eigenvalue weighted by atomic mass is 35.5. The first-order valence-corrected chi connectivity index (χ1v) is 8.43. The number of nitrogens with zero attached hydrogens (tertiary/aromatic N) is 1. The van der Waals surface area contributed by atoms with Crippen LogP contribution in [-0.4, -0.2) is 10.8 Å². The standard InChI is InChI=1S/C20H15ClN2O4/c21-18-11-8-16(12-19(18)23(25)26)22-20(24)15-6-9-17(10-7-15)27-13-14-4-2-1-3-5-14/h1-12H,13H2,(H,22,24). The van der Waals surface area contributed by atoms with Gasteiger partial charge in [-0.1, -0.05) is 41.9 Å². The second kappa shape index (κ2) is 8.33. The lowest BCUT2D eigenvalue weighted by atomic mass is 10.2. The van der Waals surface area contributed by atoms with Gasteiger partial charge in [0.25, 0.3) is 11.6 Å². The van der Waals surface area contributed by atoms with Gasteiger partial charge in [-0.3, -0.25) is 14.9 Å². The molecule has 0 aliphatic rings. The Bertz CT molecular complexity index is 959. The second-order valence-corrected chi connectivity index (χ2v) is 6.08. The fourth-order valence-corrected chi connectivity index (χ4v) is 2.56. The van der Waals surface area contributed by atoms with Gasteiger partial charge in [0.2, 0.25) is 0 Å². The predicted molar refractivity (Wildman–Crippen MR) is 103 cm³/mol. The van der Waals surface area contributed by atoms with Gasteiger partial charge in [0.1, 0.15) is 17.4 Å². The average molecular weight is 383 g/mol. The lowest BCUT2D eigenvalue weighted by Crippen LogP contribution is -2.12. The molecule has 0 bridgehead atoms. The molecule has 0 aromatic heterocycles. The highest BCUT2D eigenvalue weighted by Crippen LogP contribution is 2.27. The van der Waals surface area contributed by atoms with E-state index in [1.807, 2.05) is 30.3 Å².